The van der Waals surface area contributed by atoms with Crippen molar-refractivity contribution in [2.75, 3.05) is 0 Å². The van der Waals surface area contributed by atoms with Crippen LogP contribution in [0, 0.1) is 0 Å². The molecule has 1 heterocycles. The number of rotatable bonds is 3. The number of carboxylic acid groups (broad SMARTS) is 1. The van der Waals surface area contributed by atoms with Crippen molar-refractivity contribution < 1.29 is 14.7 Å². The first-order valence-electron chi connectivity index (χ1n) is 5.38. The van der Waals surface area contributed by atoms with E-state index in [-0.39, 0.29) is 11.3 Å². The lowest BCUT2D eigenvalue weighted by atomic mass is 10.0. The van der Waals surface area contributed by atoms with Crippen LogP contribution in [0.2, 0.25) is 0 Å². The molecular formula is C14H11NO3. The van der Waals surface area contributed by atoms with E-state index in [0.717, 1.165) is 5.56 Å². The number of carbonyl (C=O) groups is 2. The highest BCUT2D eigenvalue weighted by Gasteiger charge is 2.07. The minimum atomic E-state index is -0.999. The molecule has 0 amide bonds. The summed E-state index contributed by atoms with van der Waals surface area (Å²) < 4.78 is 0. The van der Waals surface area contributed by atoms with Crippen molar-refractivity contribution in [3.63, 3.8) is 0 Å². The van der Waals surface area contributed by atoms with E-state index in [1.54, 1.807) is 24.3 Å². The second-order valence-corrected chi connectivity index (χ2v) is 3.87. The van der Waals surface area contributed by atoms with Crippen LogP contribution in [0.4, 0.5) is 0 Å². The SMILES string of the molecule is CC(=O)c1cccc(-c2cc(C(=O)O)ccn2)c1. The van der Waals surface area contributed by atoms with Gasteiger partial charge in [0.05, 0.1) is 11.3 Å². The average Bonchev–Trinajstić information content (AvgIpc) is 2.39. The number of hydrogen-bond acceptors (Lipinski definition) is 3. The van der Waals surface area contributed by atoms with Gasteiger partial charge in [-0.15, -0.1) is 0 Å². The number of benzene rings is 1. The van der Waals surface area contributed by atoms with Crippen LogP contribution in [0.5, 0.6) is 0 Å². The summed E-state index contributed by atoms with van der Waals surface area (Å²) in [6.45, 7) is 1.49. The molecule has 0 radical (unpaired) electrons. The van der Waals surface area contributed by atoms with Crippen LogP contribution in [0.25, 0.3) is 11.3 Å². The first-order valence-corrected chi connectivity index (χ1v) is 5.38. The van der Waals surface area contributed by atoms with Crippen LogP contribution in [0.3, 0.4) is 0 Å². The van der Waals surface area contributed by atoms with Crippen molar-refractivity contribution in [2.24, 2.45) is 0 Å². The van der Waals surface area contributed by atoms with E-state index in [9.17, 15) is 9.59 Å². The number of carboxylic acids is 1. The summed E-state index contributed by atoms with van der Waals surface area (Å²) in [6.07, 6.45) is 1.44. The fraction of sp³-hybridized carbons (Fsp3) is 0.0714. The molecule has 0 saturated heterocycles. The summed E-state index contributed by atoms with van der Waals surface area (Å²) in [7, 11) is 0. The Hall–Kier alpha value is -2.49. The fourth-order valence-electron chi connectivity index (χ4n) is 1.62. The molecule has 0 atom stereocenters. The van der Waals surface area contributed by atoms with Gasteiger partial charge in [-0.2, -0.15) is 0 Å². The van der Waals surface area contributed by atoms with Gasteiger partial charge >= 0.3 is 5.97 Å². The molecule has 4 heteroatoms. The summed E-state index contributed by atoms with van der Waals surface area (Å²) in [6, 6.07) is 9.88. The molecule has 0 aliphatic rings. The molecule has 0 spiro atoms. The standard InChI is InChI=1S/C14H11NO3/c1-9(16)10-3-2-4-11(7-10)13-8-12(14(17)18)5-6-15-13/h2-8H,1H3,(H,17,18). The molecule has 2 aromatic rings. The monoisotopic (exact) mass is 241 g/mol. The summed E-state index contributed by atoms with van der Waals surface area (Å²) in [4.78, 5) is 26.3. The number of nitrogens with zero attached hydrogens (tertiary/aromatic N) is 1. The Bertz CT molecular complexity index is 564. The van der Waals surface area contributed by atoms with Crippen LogP contribution in [0.15, 0.2) is 42.6 Å². The van der Waals surface area contributed by atoms with Crippen LogP contribution in [0.1, 0.15) is 27.6 Å². The Morgan fingerprint density at radius 2 is 1.89 bits per heavy atom. The van der Waals surface area contributed by atoms with Crippen molar-refractivity contribution in [3.05, 3.63) is 53.7 Å². The van der Waals surface area contributed by atoms with E-state index in [4.69, 9.17) is 5.11 Å². The largest absolute Gasteiger partial charge is 0.478 e. The van der Waals surface area contributed by atoms with E-state index in [2.05, 4.69) is 4.98 Å². The van der Waals surface area contributed by atoms with E-state index in [0.29, 0.717) is 11.3 Å². The zero-order chi connectivity index (χ0) is 13.1. The number of aromatic carboxylic acids is 1. The summed E-state index contributed by atoms with van der Waals surface area (Å²) in [5.41, 5.74) is 2.02. The first-order chi connectivity index (χ1) is 8.58. The molecule has 0 aliphatic carbocycles. The summed E-state index contributed by atoms with van der Waals surface area (Å²) in [5, 5.41) is 8.92. The van der Waals surface area contributed by atoms with E-state index in [1.165, 1.54) is 25.3 Å². The predicted molar refractivity (Wildman–Crippen MR) is 66.6 cm³/mol. The molecule has 1 aromatic heterocycles. The highest BCUT2D eigenvalue weighted by molar-refractivity contribution is 5.95. The molecule has 0 saturated carbocycles. The predicted octanol–water partition coefficient (Wildman–Crippen LogP) is 2.65. The zero-order valence-electron chi connectivity index (χ0n) is 9.75. The van der Waals surface area contributed by atoms with Crippen LogP contribution >= 0.6 is 0 Å². The Kier molecular flexibility index (Phi) is 3.19. The van der Waals surface area contributed by atoms with Gasteiger partial charge in [0.2, 0.25) is 0 Å². The van der Waals surface area contributed by atoms with Gasteiger partial charge in [0.15, 0.2) is 5.78 Å². The van der Waals surface area contributed by atoms with Crippen molar-refractivity contribution in [2.45, 2.75) is 6.92 Å². The van der Waals surface area contributed by atoms with Gasteiger partial charge in [-0.05, 0) is 25.1 Å². The Morgan fingerprint density at radius 1 is 1.11 bits per heavy atom. The van der Waals surface area contributed by atoms with Crippen LogP contribution in [-0.2, 0) is 0 Å². The van der Waals surface area contributed by atoms with Crippen molar-refractivity contribution in [1.29, 1.82) is 0 Å². The molecule has 90 valence electrons. The number of aromatic nitrogens is 1. The van der Waals surface area contributed by atoms with E-state index in [1.807, 2.05) is 0 Å². The smallest absolute Gasteiger partial charge is 0.335 e. The number of hydrogen-bond donors (Lipinski definition) is 1. The van der Waals surface area contributed by atoms with Gasteiger partial charge in [-0.1, -0.05) is 18.2 Å². The number of carbonyl (C=O) groups excluding carboxylic acids is 1. The van der Waals surface area contributed by atoms with Gasteiger partial charge in [0, 0.05) is 17.3 Å². The quantitative estimate of drug-likeness (QED) is 0.839. The third kappa shape index (κ3) is 2.43. The van der Waals surface area contributed by atoms with Crippen molar-refractivity contribution in [3.8, 4) is 11.3 Å². The molecule has 1 aromatic carbocycles. The Morgan fingerprint density at radius 3 is 2.56 bits per heavy atom. The topological polar surface area (TPSA) is 67.3 Å². The first kappa shape index (κ1) is 12.0. The molecule has 0 bridgehead atoms. The Balaban J connectivity index is 2.48. The second kappa shape index (κ2) is 4.79. The van der Waals surface area contributed by atoms with E-state index < -0.39 is 5.97 Å². The lowest BCUT2D eigenvalue weighted by Gasteiger charge is -2.03. The number of Topliss-reactive ketones (excluding diaryl/α,β-unsaturated/α-hetero) is 1. The summed E-state index contributed by atoms with van der Waals surface area (Å²) >= 11 is 0. The van der Waals surface area contributed by atoms with Gasteiger partial charge in [0.25, 0.3) is 0 Å². The van der Waals surface area contributed by atoms with Crippen molar-refractivity contribution >= 4 is 11.8 Å². The highest BCUT2D eigenvalue weighted by atomic mass is 16.4. The molecule has 2 rings (SSSR count). The van der Waals surface area contributed by atoms with E-state index >= 15 is 0 Å². The molecule has 4 nitrogen and oxygen atoms in total. The maximum atomic E-state index is 11.3. The minimum Gasteiger partial charge on any atom is -0.478 e. The summed E-state index contributed by atoms with van der Waals surface area (Å²) in [5.74, 6) is -1.03. The minimum absolute atomic E-state index is 0.0359. The van der Waals surface area contributed by atoms with Gasteiger partial charge in [-0.25, -0.2) is 4.79 Å². The van der Waals surface area contributed by atoms with Crippen LogP contribution in [-0.4, -0.2) is 21.8 Å². The molecule has 0 fully saturated rings. The van der Waals surface area contributed by atoms with Crippen molar-refractivity contribution in [1.82, 2.24) is 4.98 Å². The average molecular weight is 241 g/mol. The lowest BCUT2D eigenvalue weighted by molar-refractivity contribution is 0.0696. The number of ketones is 1. The second-order valence-electron chi connectivity index (χ2n) is 3.87. The molecule has 18 heavy (non-hydrogen) atoms. The molecule has 1 N–H and O–H groups in total. The third-order valence-electron chi connectivity index (χ3n) is 2.57. The lowest BCUT2D eigenvalue weighted by Crippen LogP contribution is -1.98. The Labute approximate surface area is 104 Å². The van der Waals surface area contributed by atoms with Gasteiger partial charge in [0.1, 0.15) is 0 Å². The molecule has 0 aliphatic heterocycles. The van der Waals surface area contributed by atoms with Gasteiger partial charge < -0.3 is 5.11 Å². The third-order valence-corrected chi connectivity index (χ3v) is 2.57. The fourth-order valence-corrected chi connectivity index (χ4v) is 1.62. The zero-order valence-corrected chi connectivity index (χ0v) is 9.75. The van der Waals surface area contributed by atoms with Gasteiger partial charge in [-0.3, -0.25) is 9.78 Å². The number of pyridine rings is 1. The maximum absolute atomic E-state index is 11.3. The normalized spacial score (nSPS) is 10.1. The highest BCUT2D eigenvalue weighted by Crippen LogP contribution is 2.19. The molecular weight excluding hydrogens is 230 g/mol. The van der Waals surface area contributed by atoms with Crippen LogP contribution < -0.4 is 0 Å². The molecule has 0 unspecified atom stereocenters. The maximum Gasteiger partial charge on any atom is 0.335 e.